The molecule has 0 aliphatic heterocycles. The monoisotopic (exact) mass is 316 g/mol. The van der Waals surface area contributed by atoms with E-state index >= 15 is 0 Å². The minimum absolute atomic E-state index is 0.306. The molecular weight excluding hydrogens is 292 g/mol. The Morgan fingerprint density at radius 1 is 1.36 bits per heavy atom. The van der Waals surface area contributed by atoms with Crippen LogP contribution in [-0.4, -0.2) is 53.9 Å². The molecule has 0 radical (unpaired) electrons. The van der Waals surface area contributed by atoms with Crippen molar-refractivity contribution in [2.75, 3.05) is 7.11 Å². The first-order chi connectivity index (χ1) is 10.2. The number of nitrogens with two attached hydrogens (primary N) is 1. The summed E-state index contributed by atoms with van der Waals surface area (Å²) in [5.74, 6) is -2.58. The van der Waals surface area contributed by atoms with Crippen molar-refractivity contribution >= 4 is 17.8 Å². The van der Waals surface area contributed by atoms with Crippen LogP contribution in [0.2, 0.25) is 0 Å². The summed E-state index contributed by atoms with van der Waals surface area (Å²) in [6.45, 7) is 3.60. The lowest BCUT2D eigenvalue weighted by Crippen LogP contribution is -2.56. The van der Waals surface area contributed by atoms with Gasteiger partial charge in [0.1, 0.15) is 0 Å². The summed E-state index contributed by atoms with van der Waals surface area (Å²) in [6.07, 6.45) is 1.70. The number of ether oxygens (including phenoxy) is 2. The van der Waals surface area contributed by atoms with E-state index in [1.807, 2.05) is 6.92 Å². The van der Waals surface area contributed by atoms with Gasteiger partial charge in [-0.15, -0.1) is 0 Å². The molecule has 0 heterocycles. The van der Waals surface area contributed by atoms with E-state index < -0.39 is 42.5 Å². The van der Waals surface area contributed by atoms with Gasteiger partial charge in [0, 0.05) is 0 Å². The summed E-state index contributed by atoms with van der Waals surface area (Å²) in [5.41, 5.74) is 5.18. The fourth-order valence-corrected chi connectivity index (χ4v) is 2.35. The van der Waals surface area contributed by atoms with Crippen LogP contribution in [0.1, 0.15) is 39.5 Å². The van der Waals surface area contributed by atoms with Gasteiger partial charge >= 0.3 is 11.9 Å². The average molecular weight is 316 g/mol. The summed E-state index contributed by atoms with van der Waals surface area (Å²) in [5, 5.41) is 11.1. The molecule has 1 amide bonds. The van der Waals surface area contributed by atoms with Gasteiger partial charge < -0.3 is 25.6 Å². The number of hydrogen-bond donors (Lipinski definition) is 3. The van der Waals surface area contributed by atoms with Crippen LogP contribution in [0.5, 0.6) is 0 Å². The zero-order valence-corrected chi connectivity index (χ0v) is 13.1. The summed E-state index contributed by atoms with van der Waals surface area (Å²) in [7, 11) is 1.20. The van der Waals surface area contributed by atoms with Gasteiger partial charge in [-0.25, -0.2) is 4.79 Å². The highest BCUT2D eigenvalue weighted by atomic mass is 16.5. The molecule has 126 valence electrons. The fraction of sp³-hybridized carbons (Fsp3) is 0.786. The van der Waals surface area contributed by atoms with E-state index in [-0.39, 0.29) is 5.60 Å². The Hall–Kier alpha value is -1.67. The van der Waals surface area contributed by atoms with Gasteiger partial charge in [-0.05, 0) is 33.1 Å². The number of esters is 1. The lowest BCUT2D eigenvalue weighted by molar-refractivity contribution is -0.162. The molecule has 22 heavy (non-hydrogen) atoms. The van der Waals surface area contributed by atoms with Crippen molar-refractivity contribution in [2.24, 2.45) is 5.73 Å². The van der Waals surface area contributed by atoms with Crippen LogP contribution in [0.4, 0.5) is 0 Å². The number of rotatable bonds is 8. The Morgan fingerprint density at radius 3 is 2.36 bits per heavy atom. The van der Waals surface area contributed by atoms with Crippen LogP contribution in [0.3, 0.4) is 0 Å². The van der Waals surface area contributed by atoms with Crippen molar-refractivity contribution in [1.29, 1.82) is 0 Å². The second kappa shape index (κ2) is 7.55. The van der Waals surface area contributed by atoms with Gasteiger partial charge in [-0.3, -0.25) is 9.59 Å². The fourth-order valence-electron chi connectivity index (χ4n) is 2.35. The second-order valence-electron chi connectivity index (χ2n) is 5.84. The molecule has 1 saturated carbocycles. The summed E-state index contributed by atoms with van der Waals surface area (Å²) in [6, 6.07) is -2.27. The topological polar surface area (TPSA) is 128 Å². The standard InChI is InChI=1S/C14H24N2O6/c1-8(22-14(2)5-4-6-14)11(13(20)21-3)16-12(19)9(15)7-10(17)18/h8-9,11H,4-7,15H2,1-3H3,(H,16,19)(H,17,18)/t8-,9+,11+/m1/s1. The molecule has 0 unspecified atom stereocenters. The number of methoxy groups -OCH3 is 1. The van der Waals surface area contributed by atoms with E-state index in [4.69, 9.17) is 15.6 Å². The third kappa shape index (κ3) is 4.96. The first kappa shape index (κ1) is 18.4. The van der Waals surface area contributed by atoms with Gasteiger partial charge in [0.05, 0.1) is 31.3 Å². The molecule has 0 spiro atoms. The molecule has 0 aromatic rings. The molecule has 0 aromatic heterocycles. The van der Waals surface area contributed by atoms with Crippen molar-refractivity contribution in [3.8, 4) is 0 Å². The largest absolute Gasteiger partial charge is 0.481 e. The minimum Gasteiger partial charge on any atom is -0.481 e. The molecule has 0 saturated heterocycles. The average Bonchev–Trinajstić information content (AvgIpc) is 2.40. The molecule has 8 heteroatoms. The van der Waals surface area contributed by atoms with E-state index in [0.29, 0.717) is 0 Å². The van der Waals surface area contributed by atoms with Crippen molar-refractivity contribution in [1.82, 2.24) is 5.32 Å². The number of nitrogens with one attached hydrogen (secondary N) is 1. The highest BCUT2D eigenvalue weighted by Gasteiger charge is 2.39. The molecule has 1 aliphatic rings. The predicted octanol–water partition coefficient (Wildman–Crippen LogP) is -0.206. The van der Waals surface area contributed by atoms with Crippen LogP contribution in [-0.2, 0) is 23.9 Å². The third-order valence-corrected chi connectivity index (χ3v) is 3.84. The van der Waals surface area contributed by atoms with Crippen LogP contribution < -0.4 is 11.1 Å². The summed E-state index contributed by atoms with van der Waals surface area (Å²) in [4.78, 5) is 34.3. The van der Waals surface area contributed by atoms with Crippen molar-refractivity contribution in [2.45, 2.75) is 63.3 Å². The molecule has 1 fully saturated rings. The second-order valence-corrected chi connectivity index (χ2v) is 5.84. The van der Waals surface area contributed by atoms with E-state index in [1.54, 1.807) is 6.92 Å². The number of amides is 1. The smallest absolute Gasteiger partial charge is 0.331 e. The SMILES string of the molecule is COC(=O)[C@@H](NC(=O)[C@@H](N)CC(=O)O)[C@@H](C)OC1(C)CCC1. The van der Waals surface area contributed by atoms with Crippen molar-refractivity contribution < 1.29 is 29.0 Å². The zero-order chi connectivity index (χ0) is 16.9. The van der Waals surface area contributed by atoms with E-state index in [1.165, 1.54) is 7.11 Å². The van der Waals surface area contributed by atoms with Gasteiger partial charge in [-0.1, -0.05) is 0 Å². The van der Waals surface area contributed by atoms with Crippen LogP contribution in [0, 0.1) is 0 Å². The number of hydrogen-bond acceptors (Lipinski definition) is 6. The Morgan fingerprint density at radius 2 is 1.95 bits per heavy atom. The maximum atomic E-state index is 11.9. The van der Waals surface area contributed by atoms with Gasteiger partial charge in [0.25, 0.3) is 0 Å². The number of aliphatic carboxylic acids is 1. The quantitative estimate of drug-likeness (QED) is 0.529. The summed E-state index contributed by atoms with van der Waals surface area (Å²) < 4.78 is 10.5. The summed E-state index contributed by atoms with van der Waals surface area (Å²) >= 11 is 0. The van der Waals surface area contributed by atoms with Gasteiger partial charge in [0.2, 0.25) is 5.91 Å². The van der Waals surface area contributed by atoms with Crippen molar-refractivity contribution in [3.63, 3.8) is 0 Å². The van der Waals surface area contributed by atoms with E-state index in [0.717, 1.165) is 19.3 Å². The molecule has 1 aliphatic carbocycles. The number of carbonyl (C=O) groups excluding carboxylic acids is 2. The van der Waals surface area contributed by atoms with E-state index in [2.05, 4.69) is 10.1 Å². The van der Waals surface area contributed by atoms with Crippen LogP contribution >= 0.6 is 0 Å². The highest BCUT2D eigenvalue weighted by molar-refractivity contribution is 5.90. The molecule has 0 aromatic carbocycles. The normalized spacial score (nSPS) is 20.2. The lowest BCUT2D eigenvalue weighted by atomic mass is 9.81. The molecular formula is C14H24N2O6. The Bertz CT molecular complexity index is 435. The molecule has 4 N–H and O–H groups in total. The third-order valence-electron chi connectivity index (χ3n) is 3.84. The molecule has 8 nitrogen and oxygen atoms in total. The van der Waals surface area contributed by atoms with Gasteiger partial charge in [-0.2, -0.15) is 0 Å². The molecule has 0 bridgehead atoms. The van der Waals surface area contributed by atoms with E-state index in [9.17, 15) is 14.4 Å². The van der Waals surface area contributed by atoms with Crippen molar-refractivity contribution in [3.05, 3.63) is 0 Å². The minimum atomic E-state index is -1.24. The Balaban J connectivity index is 2.69. The number of carboxylic acids is 1. The first-order valence-corrected chi connectivity index (χ1v) is 7.22. The van der Waals surface area contributed by atoms with Crippen LogP contribution in [0.15, 0.2) is 0 Å². The maximum Gasteiger partial charge on any atom is 0.331 e. The first-order valence-electron chi connectivity index (χ1n) is 7.22. The predicted molar refractivity (Wildman–Crippen MR) is 77.0 cm³/mol. The molecule has 1 rings (SSSR count). The number of carbonyl (C=O) groups is 3. The van der Waals surface area contributed by atoms with Crippen LogP contribution in [0.25, 0.3) is 0 Å². The maximum absolute atomic E-state index is 11.9. The van der Waals surface area contributed by atoms with Gasteiger partial charge in [0.15, 0.2) is 6.04 Å². The lowest BCUT2D eigenvalue weighted by Gasteiger charge is -2.41. The number of carboxylic acid groups (broad SMARTS) is 1. The Kier molecular flexibility index (Phi) is 6.31. The highest BCUT2D eigenvalue weighted by Crippen LogP contribution is 2.36. The molecule has 3 atom stereocenters. The zero-order valence-electron chi connectivity index (χ0n) is 13.1. The Labute approximate surface area is 129 Å².